The Balaban J connectivity index is 2.03. The number of hydrogen-bond donors (Lipinski definition) is 1. The molecular weight excluding hydrogens is 256 g/mol. The molecule has 0 amide bonds. The van der Waals surface area contributed by atoms with Gasteiger partial charge in [-0.3, -0.25) is 4.98 Å². The van der Waals surface area contributed by atoms with Crippen molar-refractivity contribution in [2.45, 2.75) is 45.1 Å². The van der Waals surface area contributed by atoms with Crippen LogP contribution in [0.5, 0.6) is 0 Å². The normalized spacial score (nSPS) is 16.7. The Morgan fingerprint density at radius 2 is 2.10 bits per heavy atom. The van der Waals surface area contributed by atoms with Gasteiger partial charge in [0.1, 0.15) is 0 Å². The summed E-state index contributed by atoms with van der Waals surface area (Å²) in [6, 6.07) is 11.0. The number of benzene rings is 1. The Bertz CT molecular complexity index is 625. The molecule has 0 saturated carbocycles. The summed E-state index contributed by atoms with van der Waals surface area (Å²) < 4.78 is 0. The van der Waals surface area contributed by atoms with Gasteiger partial charge in [0, 0.05) is 11.6 Å². The maximum Gasteiger partial charge on any atom is 0.0705 e. The summed E-state index contributed by atoms with van der Waals surface area (Å²) in [6.07, 6.45) is 10.7. The number of allylic oxidation sites excluding steroid dienone is 1. The minimum Gasteiger partial charge on any atom is -0.307 e. The van der Waals surface area contributed by atoms with Crippen LogP contribution >= 0.6 is 0 Å². The van der Waals surface area contributed by atoms with Crippen molar-refractivity contribution in [3.63, 3.8) is 0 Å². The molecule has 0 saturated heterocycles. The van der Waals surface area contributed by atoms with E-state index in [1.807, 2.05) is 6.20 Å². The largest absolute Gasteiger partial charge is 0.307 e. The molecule has 21 heavy (non-hydrogen) atoms. The zero-order valence-electron chi connectivity index (χ0n) is 12.8. The molecule has 0 radical (unpaired) electrons. The van der Waals surface area contributed by atoms with Crippen molar-refractivity contribution in [3.05, 3.63) is 53.7 Å². The quantitative estimate of drug-likeness (QED) is 0.798. The van der Waals surface area contributed by atoms with Gasteiger partial charge in [0.25, 0.3) is 0 Å². The second kappa shape index (κ2) is 6.86. The number of pyridine rings is 1. The zero-order chi connectivity index (χ0) is 14.5. The van der Waals surface area contributed by atoms with Gasteiger partial charge in [-0.25, -0.2) is 0 Å². The van der Waals surface area contributed by atoms with Gasteiger partial charge >= 0.3 is 0 Å². The molecule has 1 unspecified atom stereocenters. The van der Waals surface area contributed by atoms with E-state index >= 15 is 0 Å². The van der Waals surface area contributed by atoms with E-state index in [2.05, 4.69) is 53.6 Å². The highest BCUT2D eigenvalue weighted by Crippen LogP contribution is 2.33. The van der Waals surface area contributed by atoms with Crippen LogP contribution in [0.25, 0.3) is 10.9 Å². The van der Waals surface area contributed by atoms with Crippen LogP contribution in [0.15, 0.2) is 48.2 Å². The first-order valence-electron chi connectivity index (χ1n) is 8.16. The van der Waals surface area contributed by atoms with Gasteiger partial charge in [0.05, 0.1) is 11.6 Å². The Hall–Kier alpha value is -1.67. The SMILES string of the molecule is CCCNC(C1=CCCCC1)c1ccnc2ccccc12. The maximum absolute atomic E-state index is 4.50. The van der Waals surface area contributed by atoms with E-state index in [4.69, 9.17) is 0 Å². The van der Waals surface area contributed by atoms with E-state index in [-0.39, 0.29) is 0 Å². The lowest BCUT2D eigenvalue weighted by Crippen LogP contribution is -2.25. The van der Waals surface area contributed by atoms with Crippen molar-refractivity contribution in [2.24, 2.45) is 0 Å². The van der Waals surface area contributed by atoms with Gasteiger partial charge in [-0.1, -0.05) is 36.8 Å². The molecular formula is C19H24N2. The summed E-state index contributed by atoms with van der Waals surface area (Å²) in [5.74, 6) is 0. The van der Waals surface area contributed by atoms with Crippen LogP contribution in [-0.4, -0.2) is 11.5 Å². The van der Waals surface area contributed by atoms with E-state index in [0.717, 1.165) is 18.5 Å². The molecule has 0 aliphatic heterocycles. The molecule has 1 atom stereocenters. The Labute approximate surface area is 127 Å². The summed E-state index contributed by atoms with van der Waals surface area (Å²) >= 11 is 0. The van der Waals surface area contributed by atoms with Gasteiger partial charge in [-0.15, -0.1) is 0 Å². The molecule has 1 heterocycles. The van der Waals surface area contributed by atoms with Crippen LogP contribution in [0.3, 0.4) is 0 Å². The first kappa shape index (κ1) is 14.3. The molecule has 110 valence electrons. The summed E-state index contributed by atoms with van der Waals surface area (Å²) in [4.78, 5) is 4.50. The highest BCUT2D eigenvalue weighted by atomic mass is 14.9. The van der Waals surface area contributed by atoms with Crippen molar-refractivity contribution in [1.82, 2.24) is 10.3 Å². The Morgan fingerprint density at radius 3 is 2.90 bits per heavy atom. The highest BCUT2D eigenvalue weighted by molar-refractivity contribution is 5.82. The molecule has 1 aromatic heterocycles. The van der Waals surface area contributed by atoms with Crippen LogP contribution in [-0.2, 0) is 0 Å². The third-order valence-electron chi connectivity index (χ3n) is 4.29. The summed E-state index contributed by atoms with van der Waals surface area (Å²) in [5.41, 5.74) is 4.03. The predicted octanol–water partition coefficient (Wildman–Crippen LogP) is 4.78. The Kier molecular flexibility index (Phi) is 4.66. The third-order valence-corrected chi connectivity index (χ3v) is 4.29. The summed E-state index contributed by atoms with van der Waals surface area (Å²) in [6.45, 7) is 3.28. The lowest BCUT2D eigenvalue weighted by molar-refractivity contribution is 0.549. The van der Waals surface area contributed by atoms with Gasteiger partial charge in [-0.2, -0.15) is 0 Å². The molecule has 0 bridgehead atoms. The first-order chi connectivity index (χ1) is 10.4. The van der Waals surface area contributed by atoms with Crippen molar-refractivity contribution in [2.75, 3.05) is 6.54 Å². The second-order valence-corrected chi connectivity index (χ2v) is 5.83. The van der Waals surface area contributed by atoms with Crippen LogP contribution in [0.2, 0.25) is 0 Å². The maximum atomic E-state index is 4.50. The van der Waals surface area contributed by atoms with Crippen LogP contribution < -0.4 is 5.32 Å². The van der Waals surface area contributed by atoms with E-state index in [1.165, 1.54) is 36.6 Å². The monoisotopic (exact) mass is 280 g/mol. The zero-order valence-corrected chi connectivity index (χ0v) is 12.8. The van der Waals surface area contributed by atoms with E-state index < -0.39 is 0 Å². The molecule has 1 aromatic carbocycles. The molecule has 2 nitrogen and oxygen atoms in total. The number of fused-ring (bicyclic) bond motifs is 1. The number of hydrogen-bond acceptors (Lipinski definition) is 2. The first-order valence-corrected chi connectivity index (χ1v) is 8.16. The van der Waals surface area contributed by atoms with Gasteiger partial charge in [0.2, 0.25) is 0 Å². The Morgan fingerprint density at radius 1 is 1.19 bits per heavy atom. The fourth-order valence-corrected chi connectivity index (χ4v) is 3.22. The van der Waals surface area contributed by atoms with E-state index in [1.54, 1.807) is 5.57 Å². The average Bonchev–Trinajstić information content (AvgIpc) is 2.56. The minimum atomic E-state index is 0.346. The molecule has 1 N–H and O–H groups in total. The second-order valence-electron chi connectivity index (χ2n) is 5.83. The third kappa shape index (κ3) is 3.16. The number of nitrogens with one attached hydrogen (secondary N) is 1. The van der Waals surface area contributed by atoms with E-state index in [9.17, 15) is 0 Å². The fraction of sp³-hybridized carbons (Fsp3) is 0.421. The minimum absolute atomic E-state index is 0.346. The van der Waals surface area contributed by atoms with Crippen LogP contribution in [0, 0.1) is 0 Å². The molecule has 2 aromatic rings. The smallest absolute Gasteiger partial charge is 0.0705 e. The van der Waals surface area contributed by atoms with Crippen LogP contribution in [0.1, 0.15) is 50.6 Å². The predicted molar refractivity (Wildman–Crippen MR) is 89.3 cm³/mol. The molecule has 0 fully saturated rings. The van der Waals surface area contributed by atoms with Crippen LogP contribution in [0.4, 0.5) is 0 Å². The van der Waals surface area contributed by atoms with Crippen molar-refractivity contribution < 1.29 is 0 Å². The van der Waals surface area contributed by atoms with Gasteiger partial charge in [-0.05, 0) is 56.3 Å². The molecule has 0 spiro atoms. The topological polar surface area (TPSA) is 24.9 Å². The molecule has 3 rings (SSSR count). The molecule has 1 aliphatic carbocycles. The molecule has 1 aliphatic rings. The summed E-state index contributed by atoms with van der Waals surface area (Å²) in [5, 5.41) is 5.03. The number of aromatic nitrogens is 1. The van der Waals surface area contributed by atoms with Crippen molar-refractivity contribution in [1.29, 1.82) is 0 Å². The average molecular weight is 280 g/mol. The standard InChI is InChI=1S/C19H24N2/c1-2-13-21-19(15-8-4-3-5-9-15)17-12-14-20-18-11-7-6-10-16(17)18/h6-8,10-12,14,19,21H,2-5,9,13H2,1H3. The number of para-hydroxylation sites is 1. The number of rotatable bonds is 5. The van der Waals surface area contributed by atoms with Gasteiger partial charge in [0.15, 0.2) is 0 Å². The van der Waals surface area contributed by atoms with Crippen molar-refractivity contribution >= 4 is 10.9 Å². The van der Waals surface area contributed by atoms with Crippen molar-refractivity contribution in [3.8, 4) is 0 Å². The highest BCUT2D eigenvalue weighted by Gasteiger charge is 2.19. The van der Waals surface area contributed by atoms with E-state index in [0.29, 0.717) is 6.04 Å². The number of nitrogens with zero attached hydrogens (tertiary/aromatic N) is 1. The fourth-order valence-electron chi connectivity index (χ4n) is 3.22. The lowest BCUT2D eigenvalue weighted by Gasteiger charge is -2.26. The lowest BCUT2D eigenvalue weighted by atomic mass is 9.88. The summed E-state index contributed by atoms with van der Waals surface area (Å²) in [7, 11) is 0. The molecule has 2 heteroatoms. The van der Waals surface area contributed by atoms with Gasteiger partial charge < -0.3 is 5.32 Å².